The minimum atomic E-state index is -0.455. The molecule has 3 fully saturated rings. The van der Waals surface area contributed by atoms with Crippen LogP contribution in [0.15, 0.2) is 0 Å². The fraction of sp³-hybridized carbons (Fsp3) is 1.00. The Morgan fingerprint density at radius 2 is 1.61 bits per heavy atom. The highest BCUT2D eigenvalue weighted by Gasteiger charge is 2.41. The van der Waals surface area contributed by atoms with Crippen LogP contribution in [0, 0.1) is 17.8 Å². The summed E-state index contributed by atoms with van der Waals surface area (Å²) in [6, 6.07) is 0. The maximum atomic E-state index is 9.84. The second-order valence-corrected chi connectivity index (χ2v) is 6.58. The zero-order chi connectivity index (χ0) is 12.5. The number of ether oxygens (including phenoxy) is 1. The van der Waals surface area contributed by atoms with Crippen molar-refractivity contribution >= 4 is 0 Å². The van der Waals surface area contributed by atoms with E-state index in [-0.39, 0.29) is 18.8 Å². The molecule has 6 atom stereocenters. The summed E-state index contributed by atoms with van der Waals surface area (Å²) in [4.78, 5) is 0. The second kappa shape index (κ2) is 5.48. The summed E-state index contributed by atoms with van der Waals surface area (Å²) in [5.74, 6) is 2.50. The van der Waals surface area contributed by atoms with Crippen molar-refractivity contribution in [2.24, 2.45) is 17.8 Å². The SMILES string of the molecule is OC[C@H]1O[C@@H](C2CCC3CCCCC3C2)C[C@H]1O. The van der Waals surface area contributed by atoms with Gasteiger partial charge in [-0.25, -0.2) is 0 Å². The second-order valence-electron chi connectivity index (χ2n) is 6.58. The van der Waals surface area contributed by atoms with Gasteiger partial charge in [0.2, 0.25) is 0 Å². The van der Waals surface area contributed by atoms with Crippen molar-refractivity contribution in [3.63, 3.8) is 0 Å². The lowest BCUT2D eigenvalue weighted by Gasteiger charge is -2.41. The molecule has 0 amide bonds. The number of aliphatic hydroxyl groups is 2. The van der Waals surface area contributed by atoms with Gasteiger partial charge in [0.25, 0.3) is 0 Å². The first kappa shape index (κ1) is 12.9. The molecule has 3 nitrogen and oxygen atoms in total. The van der Waals surface area contributed by atoms with Crippen molar-refractivity contribution in [2.45, 2.75) is 69.7 Å². The van der Waals surface area contributed by atoms with Crippen molar-refractivity contribution in [3.05, 3.63) is 0 Å². The Morgan fingerprint density at radius 3 is 2.33 bits per heavy atom. The van der Waals surface area contributed by atoms with Crippen molar-refractivity contribution in [2.75, 3.05) is 6.61 Å². The minimum Gasteiger partial charge on any atom is -0.394 e. The third-order valence-electron chi connectivity index (χ3n) is 5.54. The molecule has 2 N–H and O–H groups in total. The van der Waals surface area contributed by atoms with E-state index in [9.17, 15) is 5.11 Å². The molecule has 0 aromatic carbocycles. The molecule has 1 saturated heterocycles. The molecule has 18 heavy (non-hydrogen) atoms. The molecule has 0 spiro atoms. The highest BCUT2D eigenvalue weighted by atomic mass is 16.5. The molecule has 104 valence electrons. The number of fused-ring (bicyclic) bond motifs is 1. The number of hydrogen-bond donors (Lipinski definition) is 2. The summed E-state index contributed by atoms with van der Waals surface area (Å²) in [6.45, 7) is -0.0452. The number of hydrogen-bond acceptors (Lipinski definition) is 3. The molecular weight excluding hydrogens is 228 g/mol. The molecule has 0 aromatic rings. The largest absolute Gasteiger partial charge is 0.394 e. The molecule has 0 bridgehead atoms. The van der Waals surface area contributed by atoms with Crippen molar-refractivity contribution in [1.82, 2.24) is 0 Å². The van der Waals surface area contributed by atoms with Crippen LogP contribution in [-0.2, 0) is 4.74 Å². The molecule has 2 saturated carbocycles. The third-order valence-corrected chi connectivity index (χ3v) is 5.54. The van der Waals surface area contributed by atoms with Gasteiger partial charge < -0.3 is 14.9 Å². The summed E-state index contributed by atoms with van der Waals surface area (Å²) < 4.78 is 5.84. The van der Waals surface area contributed by atoms with Gasteiger partial charge in [-0.15, -0.1) is 0 Å². The van der Waals surface area contributed by atoms with Crippen LogP contribution in [0.2, 0.25) is 0 Å². The fourth-order valence-electron chi connectivity index (χ4n) is 4.48. The molecule has 3 heteroatoms. The normalized spacial score (nSPS) is 49.0. The van der Waals surface area contributed by atoms with E-state index < -0.39 is 6.10 Å². The first-order valence-electron chi connectivity index (χ1n) is 7.72. The van der Waals surface area contributed by atoms with Crippen LogP contribution in [0.1, 0.15) is 51.4 Å². The van der Waals surface area contributed by atoms with Crippen molar-refractivity contribution < 1.29 is 14.9 Å². The van der Waals surface area contributed by atoms with E-state index in [2.05, 4.69) is 0 Å². The fourth-order valence-corrected chi connectivity index (χ4v) is 4.48. The summed E-state index contributed by atoms with van der Waals surface area (Å²) in [7, 11) is 0. The third kappa shape index (κ3) is 2.45. The van der Waals surface area contributed by atoms with Crippen LogP contribution in [0.3, 0.4) is 0 Å². The predicted molar refractivity (Wildman–Crippen MR) is 69.2 cm³/mol. The van der Waals surface area contributed by atoms with Crippen LogP contribution < -0.4 is 0 Å². The summed E-state index contributed by atoms with van der Waals surface area (Å²) in [5, 5.41) is 19.0. The van der Waals surface area contributed by atoms with Gasteiger partial charge in [0.05, 0.1) is 18.8 Å². The van der Waals surface area contributed by atoms with Crippen LogP contribution >= 0.6 is 0 Å². The van der Waals surface area contributed by atoms with Crippen LogP contribution in [0.5, 0.6) is 0 Å². The van der Waals surface area contributed by atoms with E-state index in [0.29, 0.717) is 5.92 Å². The van der Waals surface area contributed by atoms with E-state index in [1.807, 2.05) is 0 Å². The topological polar surface area (TPSA) is 49.7 Å². The smallest absolute Gasteiger partial charge is 0.107 e. The van der Waals surface area contributed by atoms with Gasteiger partial charge in [0.15, 0.2) is 0 Å². The van der Waals surface area contributed by atoms with Gasteiger partial charge >= 0.3 is 0 Å². The van der Waals surface area contributed by atoms with E-state index in [1.165, 1.54) is 44.9 Å². The predicted octanol–water partition coefficient (Wildman–Crippen LogP) is 2.10. The van der Waals surface area contributed by atoms with Gasteiger partial charge in [-0.1, -0.05) is 25.7 Å². The Kier molecular flexibility index (Phi) is 3.92. The standard InChI is InChI=1S/C15H26O3/c16-9-15-13(17)8-14(18-15)12-6-5-10-3-1-2-4-11(10)7-12/h10-17H,1-9H2/t10?,11?,12?,13-,14-,15-/m1/s1. The first-order chi connectivity index (χ1) is 8.78. The van der Waals surface area contributed by atoms with E-state index in [0.717, 1.165) is 18.3 Å². The number of aliphatic hydroxyl groups excluding tert-OH is 2. The summed E-state index contributed by atoms with van der Waals surface area (Å²) in [5.41, 5.74) is 0. The molecule has 0 aromatic heterocycles. The lowest BCUT2D eigenvalue weighted by Crippen LogP contribution is -2.33. The Hall–Kier alpha value is -0.120. The lowest BCUT2D eigenvalue weighted by atomic mass is 9.66. The Bertz CT molecular complexity index is 281. The van der Waals surface area contributed by atoms with E-state index in [4.69, 9.17) is 9.84 Å². The van der Waals surface area contributed by atoms with E-state index >= 15 is 0 Å². The van der Waals surface area contributed by atoms with Gasteiger partial charge in [0.1, 0.15) is 6.10 Å². The molecule has 3 aliphatic rings. The average molecular weight is 254 g/mol. The molecule has 3 unspecified atom stereocenters. The molecule has 1 heterocycles. The Labute approximate surface area is 110 Å². The monoisotopic (exact) mass is 254 g/mol. The minimum absolute atomic E-state index is 0.0452. The van der Waals surface area contributed by atoms with Crippen LogP contribution in [-0.4, -0.2) is 35.1 Å². The number of rotatable bonds is 2. The Balaban J connectivity index is 1.58. The average Bonchev–Trinajstić information content (AvgIpc) is 2.79. The quantitative estimate of drug-likeness (QED) is 0.793. The van der Waals surface area contributed by atoms with Crippen molar-refractivity contribution in [1.29, 1.82) is 0 Å². The summed E-state index contributed by atoms with van der Waals surface area (Å²) in [6.07, 6.45) is 9.71. The van der Waals surface area contributed by atoms with Gasteiger partial charge in [-0.3, -0.25) is 0 Å². The zero-order valence-corrected chi connectivity index (χ0v) is 11.1. The highest BCUT2D eigenvalue weighted by Crippen LogP contribution is 2.45. The summed E-state index contributed by atoms with van der Waals surface area (Å²) >= 11 is 0. The maximum absolute atomic E-state index is 9.84. The molecular formula is C15H26O3. The van der Waals surface area contributed by atoms with Crippen molar-refractivity contribution in [3.8, 4) is 0 Å². The molecule has 1 aliphatic heterocycles. The molecule has 0 radical (unpaired) electrons. The van der Waals surface area contributed by atoms with Crippen LogP contribution in [0.25, 0.3) is 0 Å². The highest BCUT2D eigenvalue weighted by molar-refractivity contribution is 4.91. The van der Waals surface area contributed by atoms with Crippen LogP contribution in [0.4, 0.5) is 0 Å². The lowest BCUT2D eigenvalue weighted by molar-refractivity contribution is -0.0519. The van der Waals surface area contributed by atoms with Gasteiger partial charge in [-0.05, 0) is 37.0 Å². The van der Waals surface area contributed by atoms with Gasteiger partial charge in [0, 0.05) is 6.42 Å². The van der Waals surface area contributed by atoms with Gasteiger partial charge in [-0.2, -0.15) is 0 Å². The molecule has 2 aliphatic carbocycles. The first-order valence-corrected chi connectivity index (χ1v) is 7.72. The Morgan fingerprint density at radius 1 is 0.889 bits per heavy atom. The maximum Gasteiger partial charge on any atom is 0.107 e. The zero-order valence-electron chi connectivity index (χ0n) is 11.1. The van der Waals surface area contributed by atoms with E-state index in [1.54, 1.807) is 0 Å². The molecule has 3 rings (SSSR count).